The van der Waals surface area contributed by atoms with Crippen LogP contribution >= 0.6 is 0 Å². The summed E-state index contributed by atoms with van der Waals surface area (Å²) < 4.78 is 21.4. The van der Waals surface area contributed by atoms with Crippen molar-refractivity contribution in [1.29, 1.82) is 0 Å². The minimum Gasteiger partial charge on any atom is -0.480 e. The first-order chi connectivity index (χ1) is 6.51. The molecule has 0 aromatic heterocycles. The number of hydrogen-bond donors (Lipinski definition) is 1. The molecule has 0 spiro atoms. The highest BCUT2D eigenvalue weighted by molar-refractivity contribution is 7.92. The highest BCUT2D eigenvalue weighted by atomic mass is 32.2. The van der Waals surface area contributed by atoms with Crippen LogP contribution in [0.5, 0.6) is 0 Å². The van der Waals surface area contributed by atoms with Gasteiger partial charge >= 0.3 is 5.97 Å². The smallest absolute Gasteiger partial charge is 0.325 e. The minimum absolute atomic E-state index is 0.0242. The van der Waals surface area contributed by atoms with Gasteiger partial charge in [0.05, 0.1) is 0 Å². The summed E-state index contributed by atoms with van der Waals surface area (Å²) >= 11 is 0. The first-order valence-corrected chi connectivity index (χ1v) is 6.83. The summed E-state index contributed by atoms with van der Waals surface area (Å²) in [5.74, 6) is -1.03. The van der Waals surface area contributed by atoms with Crippen molar-refractivity contribution in [3.8, 4) is 0 Å². The molecule has 0 aromatic rings. The van der Waals surface area contributed by atoms with Gasteiger partial charge in [-0.25, -0.2) is 8.42 Å². The molecule has 0 aromatic carbocycles. The van der Waals surface area contributed by atoms with Gasteiger partial charge in [0.1, 0.15) is 0 Å². The zero-order valence-electron chi connectivity index (χ0n) is 9.57. The van der Waals surface area contributed by atoms with Crippen LogP contribution in [0.4, 0.5) is 0 Å². The van der Waals surface area contributed by atoms with Gasteiger partial charge in [-0.1, -0.05) is 20.8 Å². The van der Waals surface area contributed by atoms with Crippen molar-refractivity contribution < 1.29 is 18.3 Å². The van der Waals surface area contributed by atoms with Crippen LogP contribution in [0.3, 0.4) is 0 Å². The van der Waals surface area contributed by atoms with Crippen molar-refractivity contribution in [3.63, 3.8) is 0 Å². The molecule has 0 atom stereocenters. The Kier molecular flexibility index (Phi) is 2.67. The van der Waals surface area contributed by atoms with Crippen molar-refractivity contribution in [2.24, 2.45) is 11.3 Å². The predicted molar refractivity (Wildman–Crippen MR) is 57.4 cm³/mol. The molecule has 0 saturated heterocycles. The van der Waals surface area contributed by atoms with Crippen molar-refractivity contribution in [2.45, 2.75) is 38.4 Å². The Balaban J connectivity index is 2.94. The van der Waals surface area contributed by atoms with Crippen molar-refractivity contribution in [1.82, 2.24) is 0 Å². The van der Waals surface area contributed by atoms with Crippen LogP contribution in [0.25, 0.3) is 0 Å². The van der Waals surface area contributed by atoms with Gasteiger partial charge in [-0.3, -0.25) is 4.79 Å². The molecule has 1 saturated carbocycles. The van der Waals surface area contributed by atoms with Gasteiger partial charge in [0.2, 0.25) is 0 Å². The minimum atomic E-state index is -3.52. The summed E-state index contributed by atoms with van der Waals surface area (Å²) in [5, 5.41) is 9.02. The van der Waals surface area contributed by atoms with Gasteiger partial charge < -0.3 is 5.11 Å². The Morgan fingerprint density at radius 2 is 1.73 bits per heavy atom. The molecule has 1 N–H and O–H groups in total. The summed E-state index contributed by atoms with van der Waals surface area (Å²) in [5.41, 5.74) is -0.0242. The van der Waals surface area contributed by atoms with Crippen LogP contribution in [0, 0.1) is 11.3 Å². The average molecular weight is 234 g/mol. The number of carbonyl (C=O) groups is 1. The maximum atomic E-state index is 11.5. The average Bonchev–Trinajstić information content (AvgIpc) is 1.73. The lowest BCUT2D eigenvalue weighted by Gasteiger charge is -2.48. The second kappa shape index (κ2) is 3.20. The molecule has 0 unspecified atom stereocenters. The second-order valence-corrected chi connectivity index (χ2v) is 7.87. The Morgan fingerprint density at radius 1 is 1.33 bits per heavy atom. The maximum absolute atomic E-state index is 11.5. The van der Waals surface area contributed by atoms with Crippen molar-refractivity contribution in [2.75, 3.05) is 6.26 Å². The standard InChI is InChI=1S/C10H18O4S/c1-9(2,3)7-5-10(6-7,8(11)12)15(4,13)14/h7H,5-6H2,1-4H3,(H,11,12). The van der Waals surface area contributed by atoms with E-state index in [1.807, 2.05) is 20.8 Å². The topological polar surface area (TPSA) is 71.4 Å². The number of hydrogen-bond acceptors (Lipinski definition) is 3. The molecule has 0 heterocycles. The normalized spacial score (nSPS) is 32.1. The Labute approximate surface area is 90.6 Å². The zero-order chi connectivity index (χ0) is 12.1. The quantitative estimate of drug-likeness (QED) is 0.782. The lowest BCUT2D eigenvalue weighted by Crippen LogP contribution is -2.58. The van der Waals surface area contributed by atoms with Gasteiger partial charge in [-0.15, -0.1) is 0 Å². The third kappa shape index (κ3) is 1.89. The lowest BCUT2D eigenvalue weighted by atomic mass is 9.62. The third-order valence-electron chi connectivity index (χ3n) is 3.48. The summed E-state index contributed by atoms with van der Waals surface area (Å²) in [6.07, 6.45) is 1.50. The van der Waals surface area contributed by atoms with E-state index in [0.717, 1.165) is 6.26 Å². The number of carboxylic acid groups (broad SMARTS) is 1. The fourth-order valence-electron chi connectivity index (χ4n) is 1.98. The van der Waals surface area contributed by atoms with Crippen LogP contribution in [0.2, 0.25) is 0 Å². The molecule has 1 aliphatic carbocycles. The summed E-state index contributed by atoms with van der Waals surface area (Å²) in [6, 6.07) is 0. The van der Waals surface area contributed by atoms with Gasteiger partial charge in [0.15, 0.2) is 14.6 Å². The van der Waals surface area contributed by atoms with Gasteiger partial charge in [0.25, 0.3) is 0 Å². The largest absolute Gasteiger partial charge is 0.480 e. The molecule has 0 bridgehead atoms. The fourth-order valence-corrected chi connectivity index (χ4v) is 3.31. The Bertz CT molecular complexity index is 369. The van der Waals surface area contributed by atoms with Crippen molar-refractivity contribution in [3.05, 3.63) is 0 Å². The van der Waals surface area contributed by atoms with Crippen molar-refractivity contribution >= 4 is 15.8 Å². The summed E-state index contributed by atoms with van der Waals surface area (Å²) in [4.78, 5) is 11.0. The molecule has 1 rings (SSSR count). The first kappa shape index (κ1) is 12.5. The van der Waals surface area contributed by atoms with Gasteiger partial charge in [0, 0.05) is 6.26 Å². The number of sulfone groups is 1. The highest BCUT2D eigenvalue weighted by Gasteiger charge is 2.60. The van der Waals surface area contributed by atoms with Gasteiger partial charge in [-0.05, 0) is 24.2 Å². The predicted octanol–water partition coefficient (Wildman–Crippen LogP) is 1.31. The van der Waals surface area contributed by atoms with E-state index in [0.29, 0.717) is 0 Å². The summed E-state index contributed by atoms with van der Waals surface area (Å²) in [6.45, 7) is 6.02. The van der Waals surface area contributed by atoms with E-state index in [9.17, 15) is 13.2 Å². The molecule has 15 heavy (non-hydrogen) atoms. The molecule has 5 heteroatoms. The van der Waals surface area contributed by atoms with Crippen LogP contribution in [0.1, 0.15) is 33.6 Å². The van der Waals surface area contributed by atoms with Crippen LogP contribution in [-0.2, 0) is 14.6 Å². The molecule has 0 aliphatic heterocycles. The van der Waals surface area contributed by atoms with E-state index < -0.39 is 20.6 Å². The van der Waals surface area contributed by atoms with E-state index >= 15 is 0 Å². The number of aliphatic carboxylic acids is 1. The van der Waals surface area contributed by atoms with Crippen LogP contribution in [0.15, 0.2) is 0 Å². The molecular formula is C10H18O4S. The fraction of sp³-hybridized carbons (Fsp3) is 0.900. The zero-order valence-corrected chi connectivity index (χ0v) is 10.4. The molecule has 1 aliphatic rings. The summed E-state index contributed by atoms with van der Waals surface area (Å²) in [7, 11) is -3.52. The Morgan fingerprint density at radius 3 is 1.93 bits per heavy atom. The van der Waals surface area contributed by atoms with E-state index in [-0.39, 0.29) is 24.2 Å². The second-order valence-electron chi connectivity index (χ2n) is 5.54. The number of carboxylic acids is 1. The molecular weight excluding hydrogens is 216 g/mol. The Hall–Kier alpha value is -0.580. The molecule has 0 amide bonds. The van der Waals surface area contributed by atoms with Gasteiger partial charge in [-0.2, -0.15) is 0 Å². The first-order valence-electron chi connectivity index (χ1n) is 4.94. The molecule has 0 radical (unpaired) electrons. The number of rotatable bonds is 2. The van der Waals surface area contributed by atoms with Crippen LogP contribution < -0.4 is 0 Å². The SMILES string of the molecule is CC(C)(C)C1CC(C(=O)O)(S(C)(=O)=O)C1. The van der Waals surface area contributed by atoms with Crippen LogP contribution in [-0.4, -0.2) is 30.5 Å². The van der Waals surface area contributed by atoms with E-state index in [4.69, 9.17) is 5.11 Å². The van der Waals surface area contributed by atoms with E-state index in [2.05, 4.69) is 0 Å². The third-order valence-corrected chi connectivity index (χ3v) is 5.40. The molecule has 1 fully saturated rings. The van der Waals surface area contributed by atoms with E-state index in [1.165, 1.54) is 0 Å². The highest BCUT2D eigenvalue weighted by Crippen LogP contribution is 2.51. The molecule has 88 valence electrons. The monoisotopic (exact) mass is 234 g/mol. The maximum Gasteiger partial charge on any atom is 0.325 e. The van der Waals surface area contributed by atoms with E-state index in [1.54, 1.807) is 0 Å². The lowest BCUT2D eigenvalue weighted by molar-refractivity contribution is -0.145. The molecule has 4 nitrogen and oxygen atoms in total.